The SMILES string of the molecule is CC(C)C1c2ccccc2CSc2cc(C#N)ccc21. The highest BCUT2D eigenvalue weighted by Gasteiger charge is 2.26. The van der Waals surface area contributed by atoms with Crippen molar-refractivity contribution in [1.82, 2.24) is 0 Å². The first-order chi connectivity index (χ1) is 9.70. The minimum Gasteiger partial charge on any atom is -0.192 e. The Labute approximate surface area is 124 Å². The second-order valence-electron chi connectivity index (χ2n) is 5.57. The van der Waals surface area contributed by atoms with Crippen LogP contribution in [0.5, 0.6) is 0 Å². The second kappa shape index (κ2) is 5.34. The summed E-state index contributed by atoms with van der Waals surface area (Å²) in [5.74, 6) is 1.95. The van der Waals surface area contributed by atoms with Gasteiger partial charge in [0.1, 0.15) is 0 Å². The van der Waals surface area contributed by atoms with E-state index in [-0.39, 0.29) is 0 Å². The molecule has 0 fully saturated rings. The number of benzene rings is 2. The molecule has 0 bridgehead atoms. The zero-order valence-corrected chi connectivity index (χ0v) is 12.6. The first-order valence-electron chi connectivity index (χ1n) is 6.95. The lowest BCUT2D eigenvalue weighted by atomic mass is 9.80. The molecule has 0 radical (unpaired) electrons. The van der Waals surface area contributed by atoms with E-state index in [9.17, 15) is 0 Å². The summed E-state index contributed by atoms with van der Waals surface area (Å²) >= 11 is 1.85. The zero-order chi connectivity index (χ0) is 14.1. The largest absolute Gasteiger partial charge is 0.192 e. The maximum atomic E-state index is 9.10. The molecule has 0 N–H and O–H groups in total. The summed E-state index contributed by atoms with van der Waals surface area (Å²) in [6, 6.07) is 17.1. The molecule has 3 rings (SSSR count). The molecule has 1 aliphatic heterocycles. The molecule has 0 saturated heterocycles. The monoisotopic (exact) mass is 279 g/mol. The van der Waals surface area contributed by atoms with Gasteiger partial charge in [0.2, 0.25) is 0 Å². The molecule has 1 nitrogen and oxygen atoms in total. The van der Waals surface area contributed by atoms with Gasteiger partial charge < -0.3 is 0 Å². The van der Waals surface area contributed by atoms with Crippen molar-refractivity contribution < 1.29 is 0 Å². The van der Waals surface area contributed by atoms with E-state index >= 15 is 0 Å². The van der Waals surface area contributed by atoms with Crippen molar-refractivity contribution in [3.63, 3.8) is 0 Å². The lowest BCUT2D eigenvalue weighted by Gasteiger charge is -2.23. The summed E-state index contributed by atoms with van der Waals surface area (Å²) < 4.78 is 0. The van der Waals surface area contributed by atoms with Crippen molar-refractivity contribution in [1.29, 1.82) is 5.26 Å². The molecule has 2 aromatic rings. The zero-order valence-electron chi connectivity index (χ0n) is 11.8. The fourth-order valence-corrected chi connectivity index (χ4v) is 4.14. The molecule has 0 amide bonds. The highest BCUT2D eigenvalue weighted by atomic mass is 32.2. The minimum atomic E-state index is 0.420. The van der Waals surface area contributed by atoms with Gasteiger partial charge in [-0.3, -0.25) is 0 Å². The summed E-state index contributed by atoms with van der Waals surface area (Å²) in [4.78, 5) is 1.26. The molecule has 0 saturated carbocycles. The molecule has 1 unspecified atom stereocenters. The van der Waals surface area contributed by atoms with Crippen LogP contribution >= 0.6 is 11.8 Å². The van der Waals surface area contributed by atoms with Crippen molar-refractivity contribution in [3.8, 4) is 6.07 Å². The van der Waals surface area contributed by atoms with Gasteiger partial charge in [-0.1, -0.05) is 44.2 Å². The molecule has 2 heteroatoms. The summed E-state index contributed by atoms with van der Waals surface area (Å²) in [5, 5.41) is 9.10. The van der Waals surface area contributed by atoms with Crippen LogP contribution in [0, 0.1) is 17.2 Å². The van der Waals surface area contributed by atoms with E-state index in [0.717, 1.165) is 11.3 Å². The lowest BCUT2D eigenvalue weighted by molar-refractivity contribution is 0.556. The highest BCUT2D eigenvalue weighted by Crippen LogP contribution is 2.44. The van der Waals surface area contributed by atoms with E-state index in [1.54, 1.807) is 0 Å². The van der Waals surface area contributed by atoms with E-state index in [0.29, 0.717) is 11.8 Å². The number of rotatable bonds is 1. The van der Waals surface area contributed by atoms with Gasteiger partial charge in [0.15, 0.2) is 0 Å². The van der Waals surface area contributed by atoms with E-state index in [4.69, 9.17) is 5.26 Å². The fourth-order valence-electron chi connectivity index (χ4n) is 3.00. The average Bonchev–Trinajstić information content (AvgIpc) is 2.63. The molecule has 1 aliphatic rings. The van der Waals surface area contributed by atoms with E-state index in [1.807, 2.05) is 23.9 Å². The Hall–Kier alpha value is -1.72. The second-order valence-corrected chi connectivity index (χ2v) is 6.59. The Morgan fingerprint density at radius 3 is 2.70 bits per heavy atom. The standard InChI is InChI=1S/C18H17NS/c1-12(2)18-15-6-4-3-5-14(15)11-20-17-9-13(10-19)7-8-16(17)18/h3-9,12,18H,11H2,1-2H3. The Bertz CT molecular complexity index is 682. The van der Waals surface area contributed by atoms with Gasteiger partial charge in [0.05, 0.1) is 11.6 Å². The molecule has 1 atom stereocenters. The molecule has 0 aromatic heterocycles. The molecular weight excluding hydrogens is 262 g/mol. The van der Waals surface area contributed by atoms with E-state index < -0.39 is 0 Å². The lowest BCUT2D eigenvalue weighted by Crippen LogP contribution is -2.10. The number of nitriles is 1. The van der Waals surface area contributed by atoms with Crippen LogP contribution in [-0.2, 0) is 5.75 Å². The van der Waals surface area contributed by atoms with Gasteiger partial charge in [0, 0.05) is 16.6 Å². The van der Waals surface area contributed by atoms with Crippen LogP contribution in [-0.4, -0.2) is 0 Å². The van der Waals surface area contributed by atoms with Crippen LogP contribution in [0.4, 0.5) is 0 Å². The van der Waals surface area contributed by atoms with Crippen LogP contribution in [0.25, 0.3) is 0 Å². The normalized spacial score (nSPS) is 17.0. The van der Waals surface area contributed by atoms with Gasteiger partial charge in [-0.25, -0.2) is 0 Å². The number of hydrogen-bond acceptors (Lipinski definition) is 2. The Balaban J connectivity index is 2.20. The van der Waals surface area contributed by atoms with Crippen molar-refractivity contribution in [3.05, 3.63) is 64.7 Å². The predicted molar refractivity (Wildman–Crippen MR) is 83.8 cm³/mol. The molecule has 2 aromatic carbocycles. The van der Waals surface area contributed by atoms with Crippen LogP contribution in [0.3, 0.4) is 0 Å². The molecule has 20 heavy (non-hydrogen) atoms. The van der Waals surface area contributed by atoms with Gasteiger partial charge in [0.25, 0.3) is 0 Å². The Kier molecular flexibility index (Phi) is 3.54. The van der Waals surface area contributed by atoms with Gasteiger partial charge in [-0.2, -0.15) is 5.26 Å². The summed E-state index contributed by atoms with van der Waals surface area (Å²) in [6.07, 6.45) is 0. The quantitative estimate of drug-likeness (QED) is 0.737. The first-order valence-corrected chi connectivity index (χ1v) is 7.94. The van der Waals surface area contributed by atoms with Crippen molar-refractivity contribution in [2.75, 3.05) is 0 Å². The van der Waals surface area contributed by atoms with E-state index in [1.165, 1.54) is 21.6 Å². The smallest absolute Gasteiger partial charge is 0.0992 e. The molecule has 100 valence electrons. The van der Waals surface area contributed by atoms with Crippen molar-refractivity contribution in [2.24, 2.45) is 5.92 Å². The molecule has 1 heterocycles. The molecule has 0 aliphatic carbocycles. The fraction of sp³-hybridized carbons (Fsp3) is 0.278. The topological polar surface area (TPSA) is 23.8 Å². The highest BCUT2D eigenvalue weighted by molar-refractivity contribution is 7.98. The van der Waals surface area contributed by atoms with Gasteiger partial charge in [-0.05, 0) is 34.7 Å². The predicted octanol–water partition coefficient (Wildman–Crippen LogP) is 4.95. The summed E-state index contributed by atoms with van der Waals surface area (Å²) in [7, 11) is 0. The maximum absolute atomic E-state index is 9.10. The van der Waals surface area contributed by atoms with Crippen LogP contribution in [0.2, 0.25) is 0 Å². The first kappa shape index (κ1) is 13.3. The Morgan fingerprint density at radius 1 is 1.15 bits per heavy atom. The summed E-state index contributed by atoms with van der Waals surface area (Å²) in [6.45, 7) is 4.55. The number of hydrogen-bond donors (Lipinski definition) is 0. The van der Waals surface area contributed by atoms with Gasteiger partial charge in [-0.15, -0.1) is 11.8 Å². The number of nitrogens with zero attached hydrogens (tertiary/aromatic N) is 1. The van der Waals surface area contributed by atoms with Crippen molar-refractivity contribution >= 4 is 11.8 Å². The number of thioether (sulfide) groups is 1. The average molecular weight is 279 g/mol. The third-order valence-corrected chi connectivity index (χ3v) is 5.04. The number of fused-ring (bicyclic) bond motifs is 2. The third-order valence-electron chi connectivity index (χ3n) is 3.92. The molecular formula is C18H17NS. The van der Waals surface area contributed by atoms with Crippen molar-refractivity contribution in [2.45, 2.75) is 30.4 Å². The van der Waals surface area contributed by atoms with Crippen LogP contribution in [0.15, 0.2) is 47.4 Å². The molecule has 0 spiro atoms. The van der Waals surface area contributed by atoms with E-state index in [2.05, 4.69) is 50.2 Å². The third kappa shape index (κ3) is 2.23. The van der Waals surface area contributed by atoms with Crippen LogP contribution < -0.4 is 0 Å². The Morgan fingerprint density at radius 2 is 1.95 bits per heavy atom. The van der Waals surface area contributed by atoms with Gasteiger partial charge >= 0.3 is 0 Å². The van der Waals surface area contributed by atoms with Crippen LogP contribution in [0.1, 0.15) is 42.0 Å². The minimum absolute atomic E-state index is 0.420. The maximum Gasteiger partial charge on any atom is 0.0992 e. The summed E-state index contributed by atoms with van der Waals surface area (Å²) in [5.41, 5.74) is 4.99.